The number of ketones is 2. The Balaban J connectivity index is 2.00. The van der Waals surface area contributed by atoms with Crippen LogP contribution in [-0.2, 0) is 0 Å². The summed E-state index contributed by atoms with van der Waals surface area (Å²) in [5, 5.41) is 10.7. The molecule has 112 valence electrons. The molecule has 0 saturated carbocycles. The molecule has 0 heterocycles. The van der Waals surface area contributed by atoms with Crippen LogP contribution in [0.15, 0.2) is 53.0 Å². The fraction of sp³-hybridized carbons (Fsp3) is 0.125. The van der Waals surface area contributed by atoms with Crippen molar-refractivity contribution >= 4 is 33.2 Å². The van der Waals surface area contributed by atoms with Gasteiger partial charge in [0.05, 0.1) is 4.92 Å². The smallest absolute Gasteiger partial charge is 0.270 e. The number of carbonyl (C=O) groups excluding carboxylic acids is 2. The summed E-state index contributed by atoms with van der Waals surface area (Å²) in [4.78, 5) is 34.2. The third-order valence-electron chi connectivity index (χ3n) is 3.12. The van der Waals surface area contributed by atoms with E-state index in [-0.39, 0.29) is 35.7 Å². The Morgan fingerprint density at radius 3 is 2.14 bits per heavy atom. The van der Waals surface area contributed by atoms with Gasteiger partial charge in [-0.1, -0.05) is 40.2 Å². The quantitative estimate of drug-likeness (QED) is 0.438. The van der Waals surface area contributed by atoms with Crippen molar-refractivity contribution in [3.63, 3.8) is 0 Å². The second kappa shape index (κ2) is 7.09. The molecule has 2 rings (SSSR count). The Morgan fingerprint density at radius 1 is 0.955 bits per heavy atom. The molecule has 0 fully saturated rings. The van der Waals surface area contributed by atoms with Gasteiger partial charge in [-0.15, -0.1) is 0 Å². The Bertz CT molecular complexity index is 725. The molecular formula is C16H12BrNO4. The van der Waals surface area contributed by atoms with Crippen LogP contribution in [0.1, 0.15) is 33.6 Å². The Hall–Kier alpha value is -2.34. The highest BCUT2D eigenvalue weighted by Crippen LogP contribution is 2.17. The van der Waals surface area contributed by atoms with Gasteiger partial charge in [-0.05, 0) is 12.1 Å². The van der Waals surface area contributed by atoms with Crippen molar-refractivity contribution in [3.8, 4) is 0 Å². The van der Waals surface area contributed by atoms with E-state index in [0.717, 1.165) is 4.47 Å². The lowest BCUT2D eigenvalue weighted by Crippen LogP contribution is -2.05. The van der Waals surface area contributed by atoms with Crippen LogP contribution in [0.5, 0.6) is 0 Å². The minimum atomic E-state index is -0.552. The highest BCUT2D eigenvalue weighted by molar-refractivity contribution is 9.10. The van der Waals surface area contributed by atoms with Crippen molar-refractivity contribution in [2.24, 2.45) is 0 Å². The number of nitrogens with zero attached hydrogens (tertiary/aromatic N) is 1. The molecule has 0 atom stereocenters. The molecule has 0 radical (unpaired) electrons. The monoisotopic (exact) mass is 361 g/mol. The summed E-state index contributed by atoms with van der Waals surface area (Å²) in [5.41, 5.74) is 0.651. The maximum atomic E-state index is 12.0. The normalized spacial score (nSPS) is 10.2. The van der Waals surface area contributed by atoms with Gasteiger partial charge in [-0.2, -0.15) is 0 Å². The second-order valence-electron chi connectivity index (χ2n) is 4.66. The second-order valence-corrected chi connectivity index (χ2v) is 5.58. The fourth-order valence-corrected chi connectivity index (χ4v) is 2.21. The number of non-ortho nitro benzene ring substituents is 1. The predicted octanol–water partition coefficient (Wildman–Crippen LogP) is 4.20. The fourth-order valence-electron chi connectivity index (χ4n) is 1.94. The number of rotatable bonds is 6. The van der Waals surface area contributed by atoms with Gasteiger partial charge >= 0.3 is 0 Å². The number of carbonyl (C=O) groups is 2. The van der Waals surface area contributed by atoms with E-state index >= 15 is 0 Å². The van der Waals surface area contributed by atoms with Gasteiger partial charge < -0.3 is 0 Å². The summed E-state index contributed by atoms with van der Waals surface area (Å²) in [6.45, 7) is 0. The molecule has 5 nitrogen and oxygen atoms in total. The lowest BCUT2D eigenvalue weighted by Gasteiger charge is -2.02. The summed E-state index contributed by atoms with van der Waals surface area (Å²) in [6.07, 6.45) is 0.0965. The lowest BCUT2D eigenvalue weighted by atomic mass is 10.0. The summed E-state index contributed by atoms with van der Waals surface area (Å²) >= 11 is 3.29. The van der Waals surface area contributed by atoms with Crippen molar-refractivity contribution in [1.29, 1.82) is 0 Å². The van der Waals surface area contributed by atoms with E-state index in [0.29, 0.717) is 5.56 Å². The Kier molecular flexibility index (Phi) is 5.16. The Morgan fingerprint density at radius 2 is 1.55 bits per heavy atom. The molecular weight excluding hydrogens is 350 g/mol. The van der Waals surface area contributed by atoms with Crippen LogP contribution >= 0.6 is 15.9 Å². The van der Waals surface area contributed by atoms with E-state index in [1.54, 1.807) is 24.3 Å². The van der Waals surface area contributed by atoms with E-state index < -0.39 is 4.92 Å². The molecule has 0 N–H and O–H groups in total. The van der Waals surface area contributed by atoms with E-state index in [1.807, 2.05) is 0 Å². The third kappa shape index (κ3) is 4.08. The largest absolute Gasteiger partial charge is 0.294 e. The topological polar surface area (TPSA) is 77.3 Å². The van der Waals surface area contributed by atoms with Crippen molar-refractivity contribution < 1.29 is 14.5 Å². The Labute approximate surface area is 135 Å². The number of nitro benzene ring substituents is 1. The number of Topliss-reactive ketones (excluding diaryl/α,β-unsaturated/α-hetero) is 2. The molecule has 2 aromatic carbocycles. The lowest BCUT2D eigenvalue weighted by molar-refractivity contribution is -0.384. The highest BCUT2D eigenvalue weighted by atomic mass is 79.9. The highest BCUT2D eigenvalue weighted by Gasteiger charge is 2.14. The first-order valence-corrected chi connectivity index (χ1v) is 7.33. The zero-order valence-corrected chi connectivity index (χ0v) is 13.1. The minimum absolute atomic E-state index is 0.0239. The van der Waals surface area contributed by atoms with Gasteiger partial charge in [0.25, 0.3) is 5.69 Å². The zero-order valence-electron chi connectivity index (χ0n) is 11.5. The maximum Gasteiger partial charge on any atom is 0.270 e. The van der Waals surface area contributed by atoms with Crippen molar-refractivity contribution in [2.75, 3.05) is 0 Å². The van der Waals surface area contributed by atoms with Gasteiger partial charge in [0.1, 0.15) is 0 Å². The predicted molar refractivity (Wildman–Crippen MR) is 85.1 cm³/mol. The van der Waals surface area contributed by atoms with Crippen LogP contribution < -0.4 is 0 Å². The molecule has 0 aromatic heterocycles. The molecule has 6 heteroatoms. The van der Waals surface area contributed by atoms with Crippen molar-refractivity contribution in [3.05, 3.63) is 74.2 Å². The molecule has 0 aliphatic rings. The van der Waals surface area contributed by atoms with Crippen molar-refractivity contribution in [1.82, 2.24) is 0 Å². The van der Waals surface area contributed by atoms with E-state index in [1.165, 1.54) is 24.3 Å². The first-order valence-electron chi connectivity index (χ1n) is 6.54. The first kappa shape index (κ1) is 16.0. The van der Waals surface area contributed by atoms with Gasteiger partial charge in [-0.25, -0.2) is 0 Å². The van der Waals surface area contributed by atoms with Crippen LogP contribution in [0.3, 0.4) is 0 Å². The van der Waals surface area contributed by atoms with Gasteiger partial charge in [0.2, 0.25) is 0 Å². The summed E-state index contributed by atoms with van der Waals surface area (Å²) in [5.74, 6) is -0.416. The molecule has 0 aliphatic heterocycles. The van der Waals surface area contributed by atoms with Crippen LogP contribution in [0, 0.1) is 10.1 Å². The van der Waals surface area contributed by atoms with E-state index in [4.69, 9.17) is 0 Å². The molecule has 0 aliphatic carbocycles. The number of hydrogen-bond donors (Lipinski definition) is 0. The molecule has 22 heavy (non-hydrogen) atoms. The number of nitro groups is 1. The van der Waals surface area contributed by atoms with E-state index in [9.17, 15) is 19.7 Å². The molecule has 0 saturated heterocycles. The summed E-state index contributed by atoms with van der Waals surface area (Å²) in [6, 6.07) is 12.4. The number of hydrogen-bond acceptors (Lipinski definition) is 4. The first-order chi connectivity index (χ1) is 10.5. The number of halogens is 1. The van der Waals surface area contributed by atoms with E-state index in [2.05, 4.69) is 15.9 Å². The van der Waals surface area contributed by atoms with Crippen LogP contribution in [0.25, 0.3) is 0 Å². The van der Waals surface area contributed by atoms with Crippen LogP contribution in [-0.4, -0.2) is 16.5 Å². The zero-order chi connectivity index (χ0) is 16.1. The average Bonchev–Trinajstić information content (AvgIpc) is 2.53. The maximum absolute atomic E-state index is 12.0. The van der Waals surface area contributed by atoms with Gasteiger partial charge in [-0.3, -0.25) is 19.7 Å². The van der Waals surface area contributed by atoms with Crippen molar-refractivity contribution in [2.45, 2.75) is 12.8 Å². The van der Waals surface area contributed by atoms with Crippen LogP contribution in [0.2, 0.25) is 0 Å². The van der Waals surface area contributed by atoms with Crippen LogP contribution in [0.4, 0.5) is 5.69 Å². The van der Waals surface area contributed by atoms with Gasteiger partial charge in [0.15, 0.2) is 11.6 Å². The SMILES string of the molecule is O=C(CCC(=O)c1cccc([N+](=O)[O-])c1)c1ccc(Br)cc1. The minimum Gasteiger partial charge on any atom is -0.294 e. The van der Waals surface area contributed by atoms with Gasteiger partial charge in [0, 0.05) is 40.6 Å². The molecule has 0 amide bonds. The average molecular weight is 362 g/mol. The molecule has 0 spiro atoms. The molecule has 0 unspecified atom stereocenters. The molecule has 2 aromatic rings. The molecule has 0 bridgehead atoms. The summed E-state index contributed by atoms with van der Waals surface area (Å²) < 4.78 is 0.872. The third-order valence-corrected chi connectivity index (χ3v) is 3.65. The standard InChI is InChI=1S/C16H12BrNO4/c17-13-6-4-11(5-7-13)15(19)8-9-16(20)12-2-1-3-14(10-12)18(21)22/h1-7,10H,8-9H2. The number of benzene rings is 2. The summed E-state index contributed by atoms with van der Waals surface area (Å²) in [7, 11) is 0.